The van der Waals surface area contributed by atoms with E-state index in [9.17, 15) is 14.7 Å². The summed E-state index contributed by atoms with van der Waals surface area (Å²) in [6.45, 7) is 0.729. The van der Waals surface area contributed by atoms with Gasteiger partial charge < -0.3 is 14.7 Å². The first-order valence-corrected chi connectivity index (χ1v) is 7.23. The minimum atomic E-state index is -0.930. The van der Waals surface area contributed by atoms with Gasteiger partial charge >= 0.3 is 5.97 Å². The third-order valence-electron chi connectivity index (χ3n) is 3.10. The Hall–Kier alpha value is -1.60. The number of methoxy groups -OCH3 is 1. The highest BCUT2D eigenvalue weighted by molar-refractivity contribution is 8.01. The molecule has 0 aromatic carbocycles. The summed E-state index contributed by atoms with van der Waals surface area (Å²) >= 11 is 1.15. The van der Waals surface area contributed by atoms with Gasteiger partial charge in [-0.15, -0.1) is 11.8 Å². The zero-order valence-corrected chi connectivity index (χ0v) is 11.9. The van der Waals surface area contributed by atoms with Crippen molar-refractivity contribution in [3.8, 4) is 0 Å². The van der Waals surface area contributed by atoms with E-state index < -0.39 is 17.3 Å². The summed E-state index contributed by atoms with van der Waals surface area (Å²) < 4.78 is 5.00. The summed E-state index contributed by atoms with van der Waals surface area (Å²) in [5.41, 5.74) is 0.594. The SMILES string of the molecule is COCCN1C(=O)CSC(C(=O)O)C1c1ccccn1. The zero-order valence-electron chi connectivity index (χ0n) is 11.1. The molecule has 2 heterocycles. The van der Waals surface area contributed by atoms with Crippen molar-refractivity contribution < 1.29 is 19.4 Å². The molecule has 0 saturated carbocycles. The second kappa shape index (κ2) is 6.71. The molecule has 20 heavy (non-hydrogen) atoms. The number of hydrogen-bond acceptors (Lipinski definition) is 5. The summed E-state index contributed by atoms with van der Waals surface area (Å²) in [5.74, 6) is -0.843. The van der Waals surface area contributed by atoms with Gasteiger partial charge in [-0.1, -0.05) is 6.07 Å². The van der Waals surface area contributed by atoms with Crippen LogP contribution >= 0.6 is 11.8 Å². The molecular formula is C13H16N2O4S. The highest BCUT2D eigenvalue weighted by Gasteiger charge is 2.41. The predicted octanol–water partition coefficient (Wildman–Crippen LogP) is 0.798. The van der Waals surface area contributed by atoms with Crippen LogP contribution in [0, 0.1) is 0 Å². The number of nitrogens with zero attached hydrogens (tertiary/aromatic N) is 2. The Morgan fingerprint density at radius 2 is 2.40 bits per heavy atom. The maximum absolute atomic E-state index is 12.1. The molecule has 0 radical (unpaired) electrons. The van der Waals surface area contributed by atoms with Crippen LogP contribution in [0.5, 0.6) is 0 Å². The van der Waals surface area contributed by atoms with Gasteiger partial charge in [0.2, 0.25) is 5.91 Å². The van der Waals surface area contributed by atoms with E-state index in [0.29, 0.717) is 18.8 Å². The smallest absolute Gasteiger partial charge is 0.319 e. The molecule has 0 bridgehead atoms. The second-order valence-corrected chi connectivity index (χ2v) is 5.48. The van der Waals surface area contributed by atoms with Crippen LogP contribution in [0.4, 0.5) is 0 Å². The monoisotopic (exact) mass is 296 g/mol. The Balaban J connectivity index is 2.33. The summed E-state index contributed by atoms with van der Waals surface area (Å²) in [4.78, 5) is 29.3. The van der Waals surface area contributed by atoms with Gasteiger partial charge in [-0.25, -0.2) is 0 Å². The fraction of sp³-hybridized carbons (Fsp3) is 0.462. The van der Waals surface area contributed by atoms with Crippen LogP contribution in [0.25, 0.3) is 0 Å². The van der Waals surface area contributed by atoms with Crippen LogP contribution in [-0.4, -0.2) is 58.1 Å². The van der Waals surface area contributed by atoms with Gasteiger partial charge in [-0.3, -0.25) is 14.6 Å². The molecule has 1 aromatic heterocycles. The van der Waals surface area contributed by atoms with Gasteiger partial charge in [-0.2, -0.15) is 0 Å². The number of aliphatic carboxylic acids is 1. The standard InChI is InChI=1S/C13H16N2O4S/c1-19-7-6-15-10(16)8-20-12(13(17)18)11(15)9-4-2-3-5-14-9/h2-5,11-12H,6-8H2,1H3,(H,17,18). The number of carbonyl (C=O) groups excluding carboxylic acids is 1. The molecule has 1 saturated heterocycles. The van der Waals surface area contributed by atoms with Crippen molar-refractivity contribution in [2.75, 3.05) is 26.0 Å². The quantitative estimate of drug-likeness (QED) is 0.865. The van der Waals surface area contributed by atoms with Crippen molar-refractivity contribution in [2.24, 2.45) is 0 Å². The van der Waals surface area contributed by atoms with Crippen molar-refractivity contribution in [1.82, 2.24) is 9.88 Å². The van der Waals surface area contributed by atoms with Crippen molar-refractivity contribution in [1.29, 1.82) is 0 Å². The average Bonchev–Trinajstić information content (AvgIpc) is 2.46. The number of carbonyl (C=O) groups is 2. The number of ether oxygens (including phenoxy) is 1. The topological polar surface area (TPSA) is 79.7 Å². The summed E-state index contributed by atoms with van der Waals surface area (Å²) in [5, 5.41) is 8.67. The lowest BCUT2D eigenvalue weighted by Gasteiger charge is -2.38. The van der Waals surface area contributed by atoms with E-state index in [0.717, 1.165) is 11.8 Å². The van der Waals surface area contributed by atoms with Crippen molar-refractivity contribution in [3.05, 3.63) is 30.1 Å². The molecule has 1 aromatic rings. The molecule has 2 unspecified atom stereocenters. The Kier molecular flexibility index (Phi) is 4.97. The normalized spacial score (nSPS) is 22.9. The fourth-order valence-corrected chi connectivity index (χ4v) is 3.28. The molecule has 7 heteroatoms. The first-order chi connectivity index (χ1) is 9.65. The number of thioether (sulfide) groups is 1. The minimum Gasteiger partial charge on any atom is -0.480 e. The minimum absolute atomic E-state index is 0.0831. The second-order valence-electron chi connectivity index (χ2n) is 4.35. The van der Waals surface area contributed by atoms with Crippen molar-refractivity contribution in [3.63, 3.8) is 0 Å². The molecule has 0 spiro atoms. The van der Waals surface area contributed by atoms with Gasteiger partial charge in [0.05, 0.1) is 24.1 Å². The van der Waals surface area contributed by atoms with Gasteiger partial charge in [0.1, 0.15) is 5.25 Å². The first kappa shape index (κ1) is 14.8. The number of carboxylic acid groups (broad SMARTS) is 1. The Bertz CT molecular complexity index is 483. The Labute approximate surface area is 121 Å². The van der Waals surface area contributed by atoms with E-state index in [1.807, 2.05) is 0 Å². The molecule has 108 valence electrons. The van der Waals surface area contributed by atoms with E-state index in [1.54, 1.807) is 36.4 Å². The number of carboxylic acids is 1. The number of amides is 1. The van der Waals surface area contributed by atoms with E-state index in [4.69, 9.17) is 4.74 Å². The Morgan fingerprint density at radius 1 is 1.60 bits per heavy atom. The third kappa shape index (κ3) is 3.10. The lowest BCUT2D eigenvalue weighted by Crippen LogP contribution is -2.49. The highest BCUT2D eigenvalue weighted by atomic mass is 32.2. The van der Waals surface area contributed by atoms with E-state index >= 15 is 0 Å². The summed E-state index contributed by atoms with van der Waals surface area (Å²) in [6, 6.07) is 4.74. The molecule has 1 N–H and O–H groups in total. The third-order valence-corrected chi connectivity index (χ3v) is 4.33. The molecule has 1 aliphatic heterocycles. The highest BCUT2D eigenvalue weighted by Crippen LogP contribution is 2.35. The van der Waals surface area contributed by atoms with Crippen LogP contribution in [0.2, 0.25) is 0 Å². The fourth-order valence-electron chi connectivity index (χ4n) is 2.18. The molecule has 6 nitrogen and oxygen atoms in total. The van der Waals surface area contributed by atoms with Gasteiger partial charge in [-0.05, 0) is 12.1 Å². The number of hydrogen-bond donors (Lipinski definition) is 1. The molecule has 1 amide bonds. The molecule has 0 aliphatic carbocycles. The largest absolute Gasteiger partial charge is 0.480 e. The molecule has 2 rings (SSSR count). The lowest BCUT2D eigenvalue weighted by atomic mass is 10.1. The van der Waals surface area contributed by atoms with Crippen LogP contribution in [0.1, 0.15) is 11.7 Å². The van der Waals surface area contributed by atoms with Crippen LogP contribution in [0.15, 0.2) is 24.4 Å². The van der Waals surface area contributed by atoms with Crippen molar-refractivity contribution >= 4 is 23.6 Å². The van der Waals surface area contributed by atoms with Crippen molar-refractivity contribution in [2.45, 2.75) is 11.3 Å². The summed E-state index contributed by atoms with van der Waals surface area (Å²) in [7, 11) is 1.55. The van der Waals surface area contributed by atoms with Crippen LogP contribution < -0.4 is 0 Å². The maximum Gasteiger partial charge on any atom is 0.319 e. The molecule has 2 atom stereocenters. The van der Waals surface area contributed by atoms with E-state index in [2.05, 4.69) is 4.98 Å². The number of aromatic nitrogens is 1. The van der Waals surface area contributed by atoms with Crippen LogP contribution in [-0.2, 0) is 14.3 Å². The number of pyridine rings is 1. The lowest BCUT2D eigenvalue weighted by molar-refractivity contribution is -0.140. The van der Waals surface area contributed by atoms with E-state index in [-0.39, 0.29) is 11.7 Å². The van der Waals surface area contributed by atoms with Gasteiger partial charge in [0.15, 0.2) is 0 Å². The Morgan fingerprint density at radius 3 is 3.00 bits per heavy atom. The number of rotatable bonds is 5. The molecular weight excluding hydrogens is 280 g/mol. The predicted molar refractivity (Wildman–Crippen MR) is 74.4 cm³/mol. The molecule has 1 fully saturated rings. The maximum atomic E-state index is 12.1. The summed E-state index contributed by atoms with van der Waals surface area (Å²) in [6.07, 6.45) is 1.60. The first-order valence-electron chi connectivity index (χ1n) is 6.19. The van der Waals surface area contributed by atoms with Gasteiger partial charge in [0, 0.05) is 19.9 Å². The van der Waals surface area contributed by atoms with E-state index in [1.165, 1.54) is 0 Å². The average molecular weight is 296 g/mol. The van der Waals surface area contributed by atoms with Crippen LogP contribution in [0.3, 0.4) is 0 Å². The zero-order chi connectivity index (χ0) is 14.5. The van der Waals surface area contributed by atoms with Gasteiger partial charge in [0.25, 0.3) is 0 Å². The molecule has 1 aliphatic rings.